The van der Waals surface area contributed by atoms with Crippen LogP contribution in [0.3, 0.4) is 0 Å². The Hall–Kier alpha value is -2.59. The van der Waals surface area contributed by atoms with Gasteiger partial charge in [-0.3, -0.25) is 4.31 Å². The fourth-order valence-corrected chi connectivity index (χ4v) is 4.26. The summed E-state index contributed by atoms with van der Waals surface area (Å²) in [4.78, 5) is 0.301. The Bertz CT molecular complexity index is 907. The van der Waals surface area contributed by atoms with E-state index in [4.69, 9.17) is 0 Å². The van der Waals surface area contributed by atoms with Gasteiger partial charge in [0.25, 0.3) is 10.0 Å². The molecule has 0 aliphatic heterocycles. The number of nitrogens with zero attached hydrogens (tertiary/aromatic N) is 1. The average molecular weight is 337 g/mol. The normalized spacial score (nSPS) is 11.2. The van der Waals surface area contributed by atoms with E-state index in [1.807, 2.05) is 67.6 Å². The lowest BCUT2D eigenvalue weighted by molar-refractivity contribution is 0.592. The van der Waals surface area contributed by atoms with E-state index in [1.54, 1.807) is 24.3 Å². The molecule has 0 radical (unpaired) electrons. The van der Waals surface area contributed by atoms with Crippen LogP contribution in [0.5, 0.6) is 0 Å². The van der Waals surface area contributed by atoms with Crippen LogP contribution in [-0.4, -0.2) is 15.0 Å². The highest BCUT2D eigenvalue weighted by atomic mass is 32.2. The summed E-state index contributed by atoms with van der Waals surface area (Å²) in [6, 6.07) is 26.0. The Morgan fingerprint density at radius 2 is 1.29 bits per heavy atom. The van der Waals surface area contributed by atoms with Gasteiger partial charge in [0.15, 0.2) is 0 Å². The zero-order valence-corrected chi connectivity index (χ0v) is 14.3. The Morgan fingerprint density at radius 1 is 0.750 bits per heavy atom. The Kier molecular flexibility index (Phi) is 4.67. The van der Waals surface area contributed by atoms with Crippen LogP contribution in [0, 0.1) is 0 Å². The summed E-state index contributed by atoms with van der Waals surface area (Å²) in [6.45, 7) is 2.21. The van der Waals surface area contributed by atoms with Crippen LogP contribution >= 0.6 is 0 Å². The molecule has 0 saturated heterocycles. The van der Waals surface area contributed by atoms with Gasteiger partial charge in [-0.25, -0.2) is 8.42 Å². The molecule has 3 aromatic rings. The second kappa shape index (κ2) is 6.89. The lowest BCUT2D eigenvalue weighted by Gasteiger charge is -2.25. The van der Waals surface area contributed by atoms with Crippen molar-refractivity contribution in [2.75, 3.05) is 10.8 Å². The SMILES string of the molecule is CCN(c1ccccc1-c1ccccc1)S(=O)(=O)c1ccccc1. The van der Waals surface area contributed by atoms with E-state index in [0.717, 1.165) is 11.1 Å². The van der Waals surface area contributed by atoms with Crippen LogP contribution in [0.4, 0.5) is 5.69 Å². The summed E-state index contributed by atoms with van der Waals surface area (Å²) in [7, 11) is -3.60. The molecular formula is C20H19NO2S. The van der Waals surface area contributed by atoms with E-state index < -0.39 is 10.0 Å². The molecule has 0 aromatic heterocycles. The molecule has 0 saturated carbocycles. The number of rotatable bonds is 5. The van der Waals surface area contributed by atoms with Gasteiger partial charge in [-0.2, -0.15) is 0 Å². The first kappa shape index (κ1) is 16.3. The van der Waals surface area contributed by atoms with Crippen molar-refractivity contribution in [2.24, 2.45) is 0 Å². The van der Waals surface area contributed by atoms with Crippen molar-refractivity contribution in [1.29, 1.82) is 0 Å². The van der Waals surface area contributed by atoms with Crippen LogP contribution in [0.15, 0.2) is 89.8 Å². The Balaban J connectivity index is 2.14. The molecule has 0 fully saturated rings. The molecule has 3 aromatic carbocycles. The van der Waals surface area contributed by atoms with Crippen molar-refractivity contribution >= 4 is 15.7 Å². The van der Waals surface area contributed by atoms with Crippen molar-refractivity contribution in [3.05, 3.63) is 84.9 Å². The van der Waals surface area contributed by atoms with E-state index >= 15 is 0 Å². The molecule has 0 N–H and O–H groups in total. The maximum atomic E-state index is 13.1. The van der Waals surface area contributed by atoms with Crippen LogP contribution in [0.25, 0.3) is 11.1 Å². The highest BCUT2D eigenvalue weighted by molar-refractivity contribution is 7.92. The van der Waals surface area contributed by atoms with Crippen LogP contribution in [0.1, 0.15) is 6.92 Å². The predicted octanol–water partition coefficient (Wildman–Crippen LogP) is 4.57. The minimum absolute atomic E-state index is 0.301. The highest BCUT2D eigenvalue weighted by Gasteiger charge is 2.25. The second-order valence-corrected chi connectivity index (χ2v) is 7.23. The molecule has 0 bridgehead atoms. The lowest BCUT2D eigenvalue weighted by atomic mass is 10.0. The predicted molar refractivity (Wildman–Crippen MR) is 98.5 cm³/mol. The molecule has 0 unspecified atom stereocenters. The van der Waals surface area contributed by atoms with E-state index in [1.165, 1.54) is 4.31 Å². The summed E-state index contributed by atoms with van der Waals surface area (Å²) in [5.41, 5.74) is 2.59. The maximum absolute atomic E-state index is 13.1. The molecule has 0 spiro atoms. The molecule has 0 aliphatic rings. The third kappa shape index (κ3) is 3.05. The lowest BCUT2D eigenvalue weighted by Crippen LogP contribution is -2.31. The van der Waals surface area contributed by atoms with Gasteiger partial charge in [0.2, 0.25) is 0 Å². The van der Waals surface area contributed by atoms with Crippen LogP contribution in [0.2, 0.25) is 0 Å². The summed E-state index contributed by atoms with van der Waals surface area (Å²) in [5, 5.41) is 0. The monoisotopic (exact) mass is 337 g/mol. The molecule has 0 atom stereocenters. The van der Waals surface area contributed by atoms with E-state index in [0.29, 0.717) is 17.1 Å². The molecule has 122 valence electrons. The van der Waals surface area contributed by atoms with Gasteiger partial charge in [-0.1, -0.05) is 66.7 Å². The summed E-state index contributed by atoms with van der Waals surface area (Å²) >= 11 is 0. The van der Waals surface area contributed by atoms with Crippen LogP contribution < -0.4 is 4.31 Å². The van der Waals surface area contributed by atoms with E-state index in [2.05, 4.69) is 0 Å². The third-order valence-electron chi connectivity index (χ3n) is 3.88. The fourth-order valence-electron chi connectivity index (χ4n) is 2.74. The second-order valence-electron chi connectivity index (χ2n) is 5.37. The van der Waals surface area contributed by atoms with E-state index in [-0.39, 0.29) is 0 Å². The van der Waals surface area contributed by atoms with Crippen molar-refractivity contribution in [3.63, 3.8) is 0 Å². The number of sulfonamides is 1. The van der Waals surface area contributed by atoms with Crippen molar-refractivity contribution < 1.29 is 8.42 Å². The zero-order chi connectivity index (χ0) is 17.0. The molecule has 0 amide bonds. The van der Waals surface area contributed by atoms with Crippen LogP contribution in [-0.2, 0) is 10.0 Å². The minimum atomic E-state index is -3.60. The first-order valence-corrected chi connectivity index (χ1v) is 9.31. The summed E-state index contributed by atoms with van der Waals surface area (Å²) in [6.07, 6.45) is 0. The number of hydrogen-bond acceptors (Lipinski definition) is 2. The smallest absolute Gasteiger partial charge is 0.264 e. The first-order chi connectivity index (χ1) is 11.6. The standard InChI is InChI=1S/C20H19NO2S/c1-2-21(24(22,23)18-13-7-4-8-14-18)20-16-10-9-15-19(20)17-11-5-3-6-12-17/h3-16H,2H2,1H3. The molecule has 4 heteroatoms. The van der Waals surface area contributed by atoms with Gasteiger partial charge in [0.1, 0.15) is 0 Å². The van der Waals surface area contributed by atoms with Gasteiger partial charge in [-0.15, -0.1) is 0 Å². The highest BCUT2D eigenvalue weighted by Crippen LogP contribution is 2.33. The quantitative estimate of drug-likeness (QED) is 0.684. The zero-order valence-electron chi connectivity index (χ0n) is 13.5. The number of para-hydroxylation sites is 1. The van der Waals surface area contributed by atoms with Gasteiger partial charge in [0, 0.05) is 12.1 Å². The fraction of sp³-hybridized carbons (Fsp3) is 0.100. The molecular weight excluding hydrogens is 318 g/mol. The molecule has 24 heavy (non-hydrogen) atoms. The Morgan fingerprint density at radius 3 is 1.92 bits per heavy atom. The van der Waals surface area contributed by atoms with Crippen molar-refractivity contribution in [3.8, 4) is 11.1 Å². The molecule has 0 heterocycles. The van der Waals surface area contributed by atoms with Gasteiger partial charge < -0.3 is 0 Å². The van der Waals surface area contributed by atoms with Gasteiger partial charge >= 0.3 is 0 Å². The van der Waals surface area contributed by atoms with Gasteiger partial charge in [-0.05, 0) is 30.7 Å². The van der Waals surface area contributed by atoms with Crippen molar-refractivity contribution in [2.45, 2.75) is 11.8 Å². The maximum Gasteiger partial charge on any atom is 0.264 e. The van der Waals surface area contributed by atoms with Crippen molar-refractivity contribution in [1.82, 2.24) is 0 Å². The summed E-state index contributed by atoms with van der Waals surface area (Å²) in [5.74, 6) is 0. The van der Waals surface area contributed by atoms with Gasteiger partial charge in [0.05, 0.1) is 10.6 Å². The molecule has 3 rings (SSSR count). The average Bonchev–Trinajstić information content (AvgIpc) is 2.64. The number of anilines is 1. The molecule has 3 nitrogen and oxygen atoms in total. The van der Waals surface area contributed by atoms with E-state index in [9.17, 15) is 8.42 Å². The first-order valence-electron chi connectivity index (χ1n) is 7.87. The number of hydrogen-bond donors (Lipinski definition) is 0. The Labute approximate surface area is 143 Å². The minimum Gasteiger partial charge on any atom is -0.266 e. The third-order valence-corrected chi connectivity index (χ3v) is 5.78. The summed E-state index contributed by atoms with van der Waals surface area (Å²) < 4.78 is 27.6. The molecule has 0 aliphatic carbocycles. The number of benzene rings is 3. The largest absolute Gasteiger partial charge is 0.266 e. The topological polar surface area (TPSA) is 37.4 Å².